The number of hydrogen-bond donors (Lipinski definition) is 0. The van der Waals surface area contributed by atoms with Crippen molar-refractivity contribution in [2.24, 2.45) is 0 Å². The molecule has 15 heavy (non-hydrogen) atoms. The Hall–Kier alpha value is -0.420. The van der Waals surface area contributed by atoms with E-state index in [-0.39, 0.29) is 11.2 Å². The lowest BCUT2D eigenvalue weighted by atomic mass is 10.2. The van der Waals surface area contributed by atoms with Crippen LogP contribution in [0.25, 0.3) is 0 Å². The molecule has 1 unspecified atom stereocenters. The lowest BCUT2D eigenvalue weighted by Gasteiger charge is -2.21. The van der Waals surface area contributed by atoms with Crippen LogP contribution >= 0.6 is 0 Å². The summed E-state index contributed by atoms with van der Waals surface area (Å²) in [7, 11) is 0.560. The first-order valence-electron chi connectivity index (χ1n) is 5.25. The Labute approximate surface area is 92.8 Å². The van der Waals surface area contributed by atoms with Crippen molar-refractivity contribution in [2.75, 3.05) is 26.1 Å². The molecule has 0 amide bonds. The molecule has 0 aromatic rings. The number of hydrogen-bond acceptors (Lipinski definition) is 4. The average molecular weight is 234 g/mol. The Morgan fingerprint density at radius 2 is 2.13 bits per heavy atom. The van der Waals surface area contributed by atoms with E-state index in [0.717, 1.165) is 12.8 Å². The van der Waals surface area contributed by atoms with Gasteiger partial charge in [0, 0.05) is 41.4 Å². The molecule has 88 valence electrons. The predicted octanol–water partition coefficient (Wildman–Crippen LogP) is 0.867. The molecule has 0 bridgehead atoms. The Kier molecular flexibility index (Phi) is 5.86. The van der Waals surface area contributed by atoms with Gasteiger partial charge >= 0.3 is 5.97 Å². The highest BCUT2D eigenvalue weighted by molar-refractivity contribution is 7.85. The van der Waals surface area contributed by atoms with Crippen LogP contribution in [0.4, 0.5) is 0 Å². The Bertz CT molecular complexity index is 223. The number of methoxy groups -OCH3 is 1. The molecule has 0 spiro atoms. The van der Waals surface area contributed by atoms with Gasteiger partial charge in [-0.3, -0.25) is 9.00 Å². The molecule has 1 heterocycles. The molecule has 1 aliphatic rings. The van der Waals surface area contributed by atoms with Gasteiger partial charge in [0.25, 0.3) is 0 Å². The van der Waals surface area contributed by atoms with Crippen molar-refractivity contribution < 1.29 is 18.5 Å². The van der Waals surface area contributed by atoms with Gasteiger partial charge in [-0.2, -0.15) is 0 Å². The summed E-state index contributed by atoms with van der Waals surface area (Å²) < 4.78 is 21.5. The molecule has 0 aromatic carbocycles. The molecule has 1 saturated heterocycles. The number of carbonyl (C=O) groups excluding carboxylic acids is 1. The zero-order chi connectivity index (χ0) is 11.1. The zero-order valence-corrected chi connectivity index (χ0v) is 9.88. The van der Waals surface area contributed by atoms with Crippen LogP contribution in [-0.4, -0.2) is 41.5 Å². The van der Waals surface area contributed by atoms with Crippen LogP contribution in [0, 0.1) is 0 Å². The van der Waals surface area contributed by atoms with E-state index in [2.05, 4.69) is 4.74 Å². The number of carbonyl (C=O) groups is 1. The van der Waals surface area contributed by atoms with E-state index in [1.165, 1.54) is 7.11 Å². The van der Waals surface area contributed by atoms with Crippen molar-refractivity contribution in [1.82, 2.24) is 0 Å². The second kappa shape index (κ2) is 6.95. The number of rotatable bonds is 5. The maximum absolute atomic E-state index is 11.8. The third kappa shape index (κ3) is 4.75. The summed E-state index contributed by atoms with van der Waals surface area (Å²) in [5.74, 6) is 0.374. The summed E-state index contributed by atoms with van der Waals surface area (Å²) in [4.78, 5) is 10.8. The van der Waals surface area contributed by atoms with Gasteiger partial charge in [0.15, 0.2) is 0 Å². The fraction of sp³-hybridized carbons (Fsp3) is 0.900. The minimum atomic E-state index is -0.813. The van der Waals surface area contributed by atoms with Crippen LogP contribution in [-0.2, 0) is 25.1 Å². The van der Waals surface area contributed by atoms with E-state index in [9.17, 15) is 9.00 Å². The summed E-state index contributed by atoms with van der Waals surface area (Å²) in [6.07, 6.45) is 2.78. The standard InChI is InChI=1S/C10H18O4S/c1-13-10(11)3-2-8-15(12)9-4-6-14-7-5-9/h9H,2-8H2,1H3. The molecule has 0 N–H and O–H groups in total. The monoisotopic (exact) mass is 234 g/mol. The molecule has 0 aromatic heterocycles. The number of esters is 1. The van der Waals surface area contributed by atoms with Gasteiger partial charge in [-0.15, -0.1) is 0 Å². The van der Waals surface area contributed by atoms with Crippen LogP contribution in [0.2, 0.25) is 0 Å². The highest BCUT2D eigenvalue weighted by Crippen LogP contribution is 2.14. The predicted molar refractivity (Wildman–Crippen MR) is 58.1 cm³/mol. The van der Waals surface area contributed by atoms with E-state index < -0.39 is 10.8 Å². The molecule has 0 saturated carbocycles. The first kappa shape index (κ1) is 12.6. The SMILES string of the molecule is COC(=O)CCCS(=O)C1CCOCC1. The lowest BCUT2D eigenvalue weighted by molar-refractivity contribution is -0.140. The molecule has 0 radical (unpaired) electrons. The summed E-state index contributed by atoms with van der Waals surface area (Å²) in [6.45, 7) is 1.43. The van der Waals surface area contributed by atoms with Crippen LogP contribution in [0.1, 0.15) is 25.7 Å². The van der Waals surface area contributed by atoms with Gasteiger partial charge in [-0.05, 0) is 19.3 Å². The smallest absolute Gasteiger partial charge is 0.305 e. The molecule has 0 aliphatic carbocycles. The van der Waals surface area contributed by atoms with Crippen molar-refractivity contribution in [2.45, 2.75) is 30.9 Å². The third-order valence-electron chi connectivity index (χ3n) is 2.49. The van der Waals surface area contributed by atoms with E-state index in [1.54, 1.807) is 0 Å². The summed E-state index contributed by atoms with van der Waals surface area (Å²) >= 11 is 0. The summed E-state index contributed by atoms with van der Waals surface area (Å²) in [5, 5.41) is 0.261. The van der Waals surface area contributed by atoms with E-state index in [4.69, 9.17) is 4.74 Å². The van der Waals surface area contributed by atoms with E-state index in [0.29, 0.717) is 31.8 Å². The summed E-state index contributed by atoms with van der Waals surface area (Å²) in [6, 6.07) is 0. The van der Waals surface area contributed by atoms with Gasteiger partial charge in [0.1, 0.15) is 0 Å². The Balaban J connectivity index is 2.14. The molecule has 5 heteroatoms. The first-order chi connectivity index (χ1) is 7.24. The quantitative estimate of drug-likeness (QED) is 0.662. The maximum Gasteiger partial charge on any atom is 0.305 e. The zero-order valence-electron chi connectivity index (χ0n) is 9.07. The van der Waals surface area contributed by atoms with Crippen molar-refractivity contribution in [3.63, 3.8) is 0 Å². The largest absolute Gasteiger partial charge is 0.469 e. The normalized spacial score (nSPS) is 19.8. The second-order valence-corrected chi connectivity index (χ2v) is 5.41. The van der Waals surface area contributed by atoms with Gasteiger partial charge < -0.3 is 9.47 Å². The van der Waals surface area contributed by atoms with Crippen molar-refractivity contribution in [3.8, 4) is 0 Å². The fourth-order valence-electron chi connectivity index (χ4n) is 1.57. The Morgan fingerprint density at radius 3 is 2.73 bits per heavy atom. The van der Waals surface area contributed by atoms with Gasteiger partial charge in [-0.1, -0.05) is 0 Å². The first-order valence-corrected chi connectivity index (χ1v) is 6.64. The van der Waals surface area contributed by atoms with Crippen molar-refractivity contribution in [1.29, 1.82) is 0 Å². The second-order valence-electron chi connectivity index (χ2n) is 3.58. The molecule has 1 fully saturated rings. The van der Waals surface area contributed by atoms with Crippen LogP contribution < -0.4 is 0 Å². The minimum absolute atomic E-state index is 0.223. The molecule has 4 nitrogen and oxygen atoms in total. The molecule has 1 aliphatic heterocycles. The highest BCUT2D eigenvalue weighted by Gasteiger charge is 2.19. The van der Waals surface area contributed by atoms with Crippen LogP contribution in [0.15, 0.2) is 0 Å². The number of ether oxygens (including phenoxy) is 2. The van der Waals surface area contributed by atoms with E-state index in [1.807, 2.05) is 0 Å². The van der Waals surface area contributed by atoms with Crippen molar-refractivity contribution >= 4 is 16.8 Å². The lowest BCUT2D eigenvalue weighted by Crippen LogP contribution is -2.26. The van der Waals surface area contributed by atoms with Gasteiger partial charge in [-0.25, -0.2) is 0 Å². The minimum Gasteiger partial charge on any atom is -0.469 e. The van der Waals surface area contributed by atoms with Gasteiger partial charge in [0.05, 0.1) is 7.11 Å². The molecule has 1 rings (SSSR count). The summed E-state index contributed by atoms with van der Waals surface area (Å²) in [5.41, 5.74) is 0. The fourth-order valence-corrected chi connectivity index (χ4v) is 3.05. The van der Waals surface area contributed by atoms with Crippen molar-refractivity contribution in [3.05, 3.63) is 0 Å². The molecular formula is C10H18O4S. The van der Waals surface area contributed by atoms with Crippen LogP contribution in [0.5, 0.6) is 0 Å². The molecular weight excluding hydrogens is 216 g/mol. The topological polar surface area (TPSA) is 52.6 Å². The third-order valence-corrected chi connectivity index (χ3v) is 4.40. The maximum atomic E-state index is 11.8. The van der Waals surface area contributed by atoms with Crippen LogP contribution in [0.3, 0.4) is 0 Å². The molecule has 1 atom stereocenters. The van der Waals surface area contributed by atoms with E-state index >= 15 is 0 Å². The Morgan fingerprint density at radius 1 is 1.47 bits per heavy atom. The average Bonchev–Trinajstić information content (AvgIpc) is 2.29. The van der Waals surface area contributed by atoms with Gasteiger partial charge in [0.2, 0.25) is 0 Å². The highest BCUT2D eigenvalue weighted by atomic mass is 32.2.